The number of amides is 1. The number of thiophene rings is 1. The van der Waals surface area contributed by atoms with Gasteiger partial charge in [-0.15, -0.1) is 11.3 Å². The molecule has 1 unspecified atom stereocenters. The second kappa shape index (κ2) is 6.92. The number of carbonyl (C=O) groups excluding carboxylic acids is 1. The van der Waals surface area contributed by atoms with Crippen LogP contribution in [0.4, 0.5) is 0 Å². The van der Waals surface area contributed by atoms with Crippen molar-refractivity contribution in [1.29, 1.82) is 0 Å². The molecule has 1 aromatic heterocycles. The minimum atomic E-state index is 0.0523. The summed E-state index contributed by atoms with van der Waals surface area (Å²) in [6.45, 7) is 4.22. The molecule has 0 saturated heterocycles. The summed E-state index contributed by atoms with van der Waals surface area (Å²) in [5, 5.41) is 2.11. The average Bonchev–Trinajstić information content (AvgIpc) is 2.99. The Morgan fingerprint density at radius 3 is 2.96 bits per heavy atom. The molecule has 0 bridgehead atoms. The van der Waals surface area contributed by atoms with Gasteiger partial charge in [0, 0.05) is 23.9 Å². The summed E-state index contributed by atoms with van der Waals surface area (Å²) in [6, 6.07) is 8.06. The molecule has 0 radical (unpaired) electrons. The van der Waals surface area contributed by atoms with Gasteiger partial charge in [0.05, 0.1) is 19.3 Å². The molecule has 130 valence electrons. The molecule has 0 aliphatic carbocycles. The predicted octanol–water partition coefficient (Wildman–Crippen LogP) is 4.07. The van der Waals surface area contributed by atoms with E-state index >= 15 is 0 Å². The third-order valence-corrected chi connectivity index (χ3v) is 5.75. The van der Waals surface area contributed by atoms with Crippen molar-refractivity contribution in [2.24, 2.45) is 0 Å². The lowest BCUT2D eigenvalue weighted by atomic mass is 10.0. The van der Waals surface area contributed by atoms with Gasteiger partial charge < -0.3 is 14.4 Å². The summed E-state index contributed by atoms with van der Waals surface area (Å²) in [7, 11) is 0. The van der Waals surface area contributed by atoms with Gasteiger partial charge in [0.25, 0.3) is 0 Å². The van der Waals surface area contributed by atoms with E-state index in [0.717, 1.165) is 36.4 Å². The van der Waals surface area contributed by atoms with E-state index in [1.165, 1.54) is 10.4 Å². The molecule has 2 aliphatic heterocycles. The molecule has 0 N–H and O–H groups in total. The van der Waals surface area contributed by atoms with Gasteiger partial charge in [0.2, 0.25) is 5.91 Å². The zero-order valence-corrected chi connectivity index (χ0v) is 15.1. The monoisotopic (exact) mass is 355 g/mol. The van der Waals surface area contributed by atoms with Crippen molar-refractivity contribution in [3.05, 3.63) is 51.7 Å². The number of hydrogen-bond donors (Lipinski definition) is 0. The quantitative estimate of drug-likeness (QED) is 0.762. The first-order chi connectivity index (χ1) is 12.2. The fourth-order valence-electron chi connectivity index (χ4n) is 3.36. The molecule has 2 aromatic rings. The van der Waals surface area contributed by atoms with Crippen LogP contribution in [0.15, 0.2) is 35.7 Å². The number of benzene rings is 1. The van der Waals surface area contributed by atoms with E-state index in [1.54, 1.807) is 17.4 Å². The van der Waals surface area contributed by atoms with Gasteiger partial charge in [-0.05, 0) is 54.1 Å². The van der Waals surface area contributed by atoms with E-state index in [9.17, 15) is 4.79 Å². The van der Waals surface area contributed by atoms with Crippen LogP contribution in [0.5, 0.6) is 11.5 Å². The highest BCUT2D eigenvalue weighted by Gasteiger charge is 2.27. The van der Waals surface area contributed by atoms with E-state index in [0.29, 0.717) is 13.2 Å². The second-order valence-electron chi connectivity index (χ2n) is 6.35. The van der Waals surface area contributed by atoms with E-state index in [4.69, 9.17) is 9.47 Å². The van der Waals surface area contributed by atoms with Crippen molar-refractivity contribution in [3.63, 3.8) is 0 Å². The number of nitrogens with zero attached hydrogens (tertiary/aromatic N) is 1. The Morgan fingerprint density at radius 2 is 2.08 bits per heavy atom. The maximum atomic E-state index is 12.6. The smallest absolute Gasteiger partial charge is 0.247 e. The number of carbonyl (C=O) groups is 1. The minimum Gasteiger partial charge on any atom is -0.490 e. The van der Waals surface area contributed by atoms with Gasteiger partial charge in [-0.2, -0.15) is 0 Å². The summed E-state index contributed by atoms with van der Waals surface area (Å²) in [4.78, 5) is 16.0. The second-order valence-corrected chi connectivity index (χ2v) is 7.35. The van der Waals surface area contributed by atoms with Gasteiger partial charge in [-0.3, -0.25) is 4.79 Å². The van der Waals surface area contributed by atoms with Crippen LogP contribution in [0.3, 0.4) is 0 Å². The van der Waals surface area contributed by atoms with Crippen LogP contribution in [-0.4, -0.2) is 30.6 Å². The fourth-order valence-corrected chi connectivity index (χ4v) is 4.32. The molecule has 0 saturated carbocycles. The Morgan fingerprint density at radius 1 is 1.24 bits per heavy atom. The molecule has 4 rings (SSSR count). The molecule has 5 heteroatoms. The summed E-state index contributed by atoms with van der Waals surface area (Å²) < 4.78 is 11.3. The van der Waals surface area contributed by atoms with Crippen LogP contribution in [0.2, 0.25) is 0 Å². The topological polar surface area (TPSA) is 38.8 Å². The van der Waals surface area contributed by atoms with Crippen molar-refractivity contribution >= 4 is 23.3 Å². The summed E-state index contributed by atoms with van der Waals surface area (Å²) >= 11 is 1.79. The van der Waals surface area contributed by atoms with Crippen LogP contribution in [0.25, 0.3) is 6.08 Å². The van der Waals surface area contributed by atoms with Crippen LogP contribution in [0, 0.1) is 0 Å². The number of fused-ring (bicyclic) bond motifs is 2. The lowest BCUT2D eigenvalue weighted by Crippen LogP contribution is -2.37. The molecule has 0 spiro atoms. The van der Waals surface area contributed by atoms with E-state index in [1.807, 2.05) is 29.2 Å². The maximum Gasteiger partial charge on any atom is 0.247 e. The van der Waals surface area contributed by atoms with Crippen LogP contribution < -0.4 is 9.47 Å². The highest BCUT2D eigenvalue weighted by Crippen LogP contribution is 2.33. The molecule has 4 nitrogen and oxygen atoms in total. The Bertz CT molecular complexity index is 811. The van der Waals surface area contributed by atoms with Crippen molar-refractivity contribution < 1.29 is 14.3 Å². The third-order valence-electron chi connectivity index (χ3n) is 4.75. The standard InChI is InChI=1S/C20H21NO3S/c1-14-16-8-12-25-19(16)7-9-21(14)20(22)6-4-15-3-5-17-18(13-15)24-11-2-10-23-17/h3-6,8,12-14H,2,7,9-11H2,1H3. The normalized spacial score (nSPS) is 19.6. The summed E-state index contributed by atoms with van der Waals surface area (Å²) in [6.07, 6.45) is 5.34. The molecule has 0 fully saturated rings. The molecule has 3 heterocycles. The van der Waals surface area contributed by atoms with Crippen LogP contribution in [0.1, 0.15) is 35.4 Å². The highest BCUT2D eigenvalue weighted by molar-refractivity contribution is 7.10. The Balaban J connectivity index is 1.48. The first kappa shape index (κ1) is 16.2. The molecular formula is C20H21NO3S. The molecule has 25 heavy (non-hydrogen) atoms. The lowest BCUT2D eigenvalue weighted by molar-refractivity contribution is -0.128. The van der Waals surface area contributed by atoms with Gasteiger partial charge in [0.1, 0.15) is 0 Å². The van der Waals surface area contributed by atoms with E-state index in [2.05, 4.69) is 18.4 Å². The molecular weight excluding hydrogens is 334 g/mol. The van der Waals surface area contributed by atoms with Gasteiger partial charge in [-0.1, -0.05) is 6.07 Å². The first-order valence-electron chi connectivity index (χ1n) is 8.67. The van der Waals surface area contributed by atoms with Gasteiger partial charge in [0.15, 0.2) is 11.5 Å². The van der Waals surface area contributed by atoms with Gasteiger partial charge in [-0.25, -0.2) is 0 Å². The Labute approximate surface area is 151 Å². The minimum absolute atomic E-state index is 0.0523. The molecule has 1 amide bonds. The average molecular weight is 355 g/mol. The fraction of sp³-hybridized carbons (Fsp3) is 0.350. The molecule has 2 aliphatic rings. The zero-order chi connectivity index (χ0) is 17.2. The molecule has 1 aromatic carbocycles. The van der Waals surface area contributed by atoms with E-state index < -0.39 is 0 Å². The van der Waals surface area contributed by atoms with Crippen molar-refractivity contribution in [1.82, 2.24) is 4.90 Å². The number of ether oxygens (including phenoxy) is 2. The number of hydrogen-bond acceptors (Lipinski definition) is 4. The van der Waals surface area contributed by atoms with Crippen molar-refractivity contribution in [2.75, 3.05) is 19.8 Å². The Hall–Kier alpha value is -2.27. The SMILES string of the molecule is CC1c2ccsc2CCN1C(=O)C=Cc1ccc2c(c1)OCCCO2. The van der Waals surface area contributed by atoms with Crippen LogP contribution in [-0.2, 0) is 11.2 Å². The highest BCUT2D eigenvalue weighted by atomic mass is 32.1. The largest absolute Gasteiger partial charge is 0.490 e. The first-order valence-corrected chi connectivity index (χ1v) is 9.55. The summed E-state index contributed by atoms with van der Waals surface area (Å²) in [5.74, 6) is 1.58. The molecule has 1 atom stereocenters. The number of rotatable bonds is 2. The van der Waals surface area contributed by atoms with Crippen molar-refractivity contribution in [2.45, 2.75) is 25.8 Å². The van der Waals surface area contributed by atoms with Gasteiger partial charge >= 0.3 is 0 Å². The maximum absolute atomic E-state index is 12.6. The predicted molar refractivity (Wildman–Crippen MR) is 99.2 cm³/mol. The van der Waals surface area contributed by atoms with Crippen LogP contribution >= 0.6 is 11.3 Å². The zero-order valence-electron chi connectivity index (χ0n) is 14.2. The van der Waals surface area contributed by atoms with E-state index in [-0.39, 0.29) is 11.9 Å². The summed E-state index contributed by atoms with van der Waals surface area (Å²) in [5.41, 5.74) is 2.23. The van der Waals surface area contributed by atoms with Crippen molar-refractivity contribution in [3.8, 4) is 11.5 Å². The third kappa shape index (κ3) is 3.29. The Kier molecular flexibility index (Phi) is 4.49. The lowest BCUT2D eigenvalue weighted by Gasteiger charge is -2.32.